The van der Waals surface area contributed by atoms with Gasteiger partial charge >= 0.3 is 0 Å². The van der Waals surface area contributed by atoms with Crippen LogP contribution in [0.5, 0.6) is 5.75 Å². The lowest BCUT2D eigenvalue weighted by molar-refractivity contribution is -0.119. The van der Waals surface area contributed by atoms with Crippen molar-refractivity contribution in [2.75, 3.05) is 12.9 Å². The molecular formula is C20H22N4O2S. The Morgan fingerprint density at radius 1 is 1.19 bits per heavy atom. The summed E-state index contributed by atoms with van der Waals surface area (Å²) in [5.41, 5.74) is 9.02. The average Bonchev–Trinajstić information content (AvgIpc) is 3.08. The Kier molecular flexibility index (Phi) is 6.03. The number of nitrogens with one attached hydrogen (secondary N) is 2. The summed E-state index contributed by atoms with van der Waals surface area (Å²) in [6, 6.07) is 15.4. The van der Waals surface area contributed by atoms with E-state index in [1.165, 1.54) is 11.8 Å². The van der Waals surface area contributed by atoms with Crippen molar-refractivity contribution in [1.29, 1.82) is 0 Å². The Hall–Kier alpha value is -2.93. The summed E-state index contributed by atoms with van der Waals surface area (Å²) in [5.74, 6) is 0.877. The Morgan fingerprint density at radius 3 is 2.63 bits per heavy atom. The lowest BCUT2D eigenvalue weighted by Crippen LogP contribution is -2.37. The highest BCUT2D eigenvalue weighted by Gasteiger charge is 2.11. The molecule has 0 aliphatic heterocycles. The predicted octanol–water partition coefficient (Wildman–Crippen LogP) is 3.45. The van der Waals surface area contributed by atoms with Crippen molar-refractivity contribution >= 4 is 34.4 Å². The minimum Gasteiger partial charge on any atom is -0.497 e. The van der Waals surface area contributed by atoms with Gasteiger partial charge in [0.1, 0.15) is 5.75 Å². The number of para-hydroxylation sites is 2. The van der Waals surface area contributed by atoms with E-state index in [0.29, 0.717) is 5.70 Å². The third kappa shape index (κ3) is 4.43. The molecule has 0 spiro atoms. The van der Waals surface area contributed by atoms with Crippen LogP contribution in [0.15, 0.2) is 60.3 Å². The number of rotatable bonds is 8. The maximum absolute atomic E-state index is 12.2. The fraction of sp³-hybridized carbons (Fsp3) is 0.200. The van der Waals surface area contributed by atoms with Crippen molar-refractivity contribution in [3.8, 4) is 5.75 Å². The van der Waals surface area contributed by atoms with Gasteiger partial charge in [0.15, 0.2) is 5.16 Å². The number of aromatic nitrogens is 2. The molecule has 0 fully saturated rings. The number of carbonyl (C=O) groups excluding carboxylic acids is 1. The number of ether oxygens (including phenoxy) is 1. The number of nitrogens with zero attached hydrogens (tertiary/aromatic N) is 2. The molecule has 0 radical (unpaired) electrons. The number of methoxy groups -OCH3 is 1. The van der Waals surface area contributed by atoms with E-state index < -0.39 is 0 Å². The maximum Gasteiger partial charge on any atom is 0.248 e. The van der Waals surface area contributed by atoms with Crippen LogP contribution < -0.4 is 15.6 Å². The number of hydrazine groups is 1. The summed E-state index contributed by atoms with van der Waals surface area (Å²) in [6.07, 6.45) is 0. The normalized spacial score (nSPS) is 10.6. The smallest absolute Gasteiger partial charge is 0.248 e. The Balaban J connectivity index is 1.54. The number of thioether (sulfide) groups is 1. The SMILES string of the molecule is C=C(NNC(=O)CSc1nc2ccccc2n1CC)c1ccc(OC)cc1. The zero-order chi connectivity index (χ0) is 19.2. The lowest BCUT2D eigenvalue weighted by atomic mass is 10.2. The van der Waals surface area contributed by atoms with Gasteiger partial charge in [0.25, 0.3) is 0 Å². The zero-order valence-electron chi connectivity index (χ0n) is 15.4. The Morgan fingerprint density at radius 2 is 1.93 bits per heavy atom. The average molecular weight is 382 g/mol. The Bertz CT molecular complexity index is 950. The molecule has 3 aromatic rings. The molecule has 0 atom stereocenters. The zero-order valence-corrected chi connectivity index (χ0v) is 16.2. The summed E-state index contributed by atoms with van der Waals surface area (Å²) >= 11 is 1.41. The first kappa shape index (κ1) is 18.8. The van der Waals surface area contributed by atoms with Crippen LogP contribution in [0.4, 0.5) is 0 Å². The van der Waals surface area contributed by atoms with Crippen LogP contribution in [0.3, 0.4) is 0 Å². The van der Waals surface area contributed by atoms with Crippen LogP contribution in [-0.4, -0.2) is 28.3 Å². The first-order chi connectivity index (χ1) is 13.1. The molecule has 2 N–H and O–H groups in total. The van der Waals surface area contributed by atoms with Crippen LogP contribution >= 0.6 is 11.8 Å². The summed E-state index contributed by atoms with van der Waals surface area (Å²) in [6.45, 7) is 6.81. The number of benzene rings is 2. The molecule has 2 aromatic carbocycles. The molecule has 1 amide bonds. The van der Waals surface area contributed by atoms with E-state index in [1.54, 1.807) is 7.11 Å². The van der Waals surface area contributed by atoms with E-state index in [1.807, 2.05) is 48.5 Å². The summed E-state index contributed by atoms with van der Waals surface area (Å²) < 4.78 is 7.24. The van der Waals surface area contributed by atoms with Gasteiger partial charge in [0.2, 0.25) is 5.91 Å². The van der Waals surface area contributed by atoms with Crippen molar-refractivity contribution in [2.24, 2.45) is 0 Å². The van der Waals surface area contributed by atoms with Gasteiger partial charge in [-0.05, 0) is 48.9 Å². The number of carbonyl (C=O) groups is 1. The van der Waals surface area contributed by atoms with Crippen LogP contribution in [-0.2, 0) is 11.3 Å². The summed E-state index contributed by atoms with van der Waals surface area (Å²) in [4.78, 5) is 16.8. The summed E-state index contributed by atoms with van der Waals surface area (Å²) in [7, 11) is 1.62. The fourth-order valence-electron chi connectivity index (χ4n) is 2.64. The molecule has 0 aliphatic rings. The van der Waals surface area contributed by atoms with E-state index in [-0.39, 0.29) is 11.7 Å². The van der Waals surface area contributed by atoms with Gasteiger partial charge in [0, 0.05) is 6.54 Å². The molecule has 0 unspecified atom stereocenters. The standard InChI is InChI=1S/C20H22N4O2S/c1-4-24-18-8-6-5-7-17(18)21-20(24)27-13-19(25)23-22-14(2)15-9-11-16(26-3)12-10-15/h5-12,22H,2,4,13H2,1,3H3,(H,23,25). The van der Waals surface area contributed by atoms with E-state index in [2.05, 4.69) is 33.9 Å². The van der Waals surface area contributed by atoms with Gasteiger partial charge in [-0.2, -0.15) is 0 Å². The number of aryl methyl sites for hydroxylation is 1. The van der Waals surface area contributed by atoms with Crippen molar-refractivity contribution < 1.29 is 9.53 Å². The minimum absolute atomic E-state index is 0.149. The van der Waals surface area contributed by atoms with Gasteiger partial charge in [-0.1, -0.05) is 30.5 Å². The maximum atomic E-state index is 12.2. The van der Waals surface area contributed by atoms with E-state index in [9.17, 15) is 4.79 Å². The molecule has 0 bridgehead atoms. The molecule has 140 valence electrons. The molecule has 1 aromatic heterocycles. The first-order valence-electron chi connectivity index (χ1n) is 8.58. The number of amides is 1. The fourth-order valence-corrected chi connectivity index (χ4v) is 3.52. The van der Waals surface area contributed by atoms with Crippen molar-refractivity contribution in [3.63, 3.8) is 0 Å². The van der Waals surface area contributed by atoms with Gasteiger partial charge in [-0.25, -0.2) is 4.98 Å². The second-order valence-electron chi connectivity index (χ2n) is 5.80. The highest BCUT2D eigenvalue weighted by Crippen LogP contribution is 2.23. The Labute approximate surface area is 162 Å². The van der Waals surface area contributed by atoms with Crippen LogP contribution in [0.2, 0.25) is 0 Å². The van der Waals surface area contributed by atoms with E-state index in [4.69, 9.17) is 4.74 Å². The second-order valence-corrected chi connectivity index (χ2v) is 6.74. The molecule has 0 aliphatic carbocycles. The molecule has 0 saturated carbocycles. The van der Waals surface area contributed by atoms with Crippen LogP contribution in [0, 0.1) is 0 Å². The topological polar surface area (TPSA) is 68.2 Å². The molecule has 27 heavy (non-hydrogen) atoms. The van der Waals surface area contributed by atoms with Crippen molar-refractivity contribution in [3.05, 3.63) is 60.7 Å². The molecular weight excluding hydrogens is 360 g/mol. The van der Waals surface area contributed by atoms with Crippen molar-refractivity contribution in [2.45, 2.75) is 18.6 Å². The van der Waals surface area contributed by atoms with Crippen LogP contribution in [0.1, 0.15) is 12.5 Å². The highest BCUT2D eigenvalue weighted by molar-refractivity contribution is 7.99. The van der Waals surface area contributed by atoms with Crippen molar-refractivity contribution in [1.82, 2.24) is 20.4 Å². The number of fused-ring (bicyclic) bond motifs is 1. The minimum atomic E-state index is -0.149. The largest absolute Gasteiger partial charge is 0.497 e. The van der Waals surface area contributed by atoms with Gasteiger partial charge < -0.3 is 9.30 Å². The number of imidazole rings is 1. The molecule has 6 nitrogen and oxygen atoms in total. The lowest BCUT2D eigenvalue weighted by Gasteiger charge is -2.12. The first-order valence-corrected chi connectivity index (χ1v) is 9.57. The molecule has 0 saturated heterocycles. The molecule has 1 heterocycles. The third-order valence-electron chi connectivity index (χ3n) is 4.06. The number of hydrogen-bond donors (Lipinski definition) is 2. The van der Waals surface area contributed by atoms with Gasteiger partial charge in [-0.15, -0.1) is 0 Å². The number of hydrogen-bond acceptors (Lipinski definition) is 5. The van der Waals surface area contributed by atoms with Crippen LogP contribution in [0.25, 0.3) is 16.7 Å². The summed E-state index contributed by atoms with van der Waals surface area (Å²) in [5, 5.41) is 0.836. The predicted molar refractivity (Wildman–Crippen MR) is 109 cm³/mol. The molecule has 7 heteroatoms. The second kappa shape index (κ2) is 8.64. The molecule has 3 rings (SSSR count). The van der Waals surface area contributed by atoms with Gasteiger partial charge in [-0.3, -0.25) is 15.6 Å². The third-order valence-corrected chi connectivity index (χ3v) is 5.04. The quantitative estimate of drug-likeness (QED) is 0.461. The van der Waals surface area contributed by atoms with E-state index >= 15 is 0 Å². The van der Waals surface area contributed by atoms with Gasteiger partial charge in [0.05, 0.1) is 29.6 Å². The van der Waals surface area contributed by atoms with E-state index in [0.717, 1.165) is 34.0 Å². The highest BCUT2D eigenvalue weighted by atomic mass is 32.2. The monoisotopic (exact) mass is 382 g/mol.